The van der Waals surface area contributed by atoms with Crippen LogP contribution in [0.2, 0.25) is 0 Å². The summed E-state index contributed by atoms with van der Waals surface area (Å²) in [5.74, 6) is -2.33. The minimum absolute atomic E-state index is 0.0728. The van der Waals surface area contributed by atoms with Gasteiger partial charge in [0.2, 0.25) is 0 Å². The van der Waals surface area contributed by atoms with Crippen LogP contribution >= 0.6 is 0 Å². The Kier molecular flexibility index (Phi) is 4.22. The number of hydrogen-bond acceptors (Lipinski definition) is 3. The third-order valence-corrected chi connectivity index (χ3v) is 3.46. The normalized spacial score (nSPS) is 18.7. The zero-order chi connectivity index (χ0) is 14.7. The first-order chi connectivity index (χ1) is 9.52. The number of piperidine rings is 1. The maximum absolute atomic E-state index is 13.6. The molecule has 1 aliphatic heterocycles. The van der Waals surface area contributed by atoms with Crippen LogP contribution in [-0.2, 0) is 4.79 Å². The first kappa shape index (κ1) is 14.3. The molecule has 1 N–H and O–H groups in total. The predicted molar refractivity (Wildman–Crippen MR) is 69.2 cm³/mol. The SMILES string of the molecule is COc1ccc(C(=O)N2CCCC(C(=O)O)C2)cc1F. The molecule has 1 unspecified atom stereocenters. The Morgan fingerprint density at radius 3 is 2.80 bits per heavy atom. The summed E-state index contributed by atoms with van der Waals surface area (Å²) < 4.78 is 18.4. The van der Waals surface area contributed by atoms with Crippen molar-refractivity contribution in [2.24, 2.45) is 5.92 Å². The van der Waals surface area contributed by atoms with E-state index in [0.29, 0.717) is 19.4 Å². The Morgan fingerprint density at radius 2 is 2.20 bits per heavy atom. The summed E-state index contributed by atoms with van der Waals surface area (Å²) in [4.78, 5) is 24.7. The van der Waals surface area contributed by atoms with Gasteiger partial charge in [0, 0.05) is 18.7 Å². The average Bonchev–Trinajstić information content (AvgIpc) is 2.46. The summed E-state index contributed by atoms with van der Waals surface area (Å²) in [7, 11) is 1.35. The van der Waals surface area contributed by atoms with Crippen molar-refractivity contribution in [3.8, 4) is 5.75 Å². The monoisotopic (exact) mass is 281 g/mol. The molecule has 0 radical (unpaired) electrons. The fourth-order valence-corrected chi connectivity index (χ4v) is 2.35. The van der Waals surface area contributed by atoms with Crippen LogP contribution in [0.25, 0.3) is 0 Å². The number of carboxylic acids is 1. The zero-order valence-corrected chi connectivity index (χ0v) is 11.1. The molecule has 1 aromatic rings. The van der Waals surface area contributed by atoms with Gasteiger partial charge in [-0.05, 0) is 31.0 Å². The Bertz CT molecular complexity index is 532. The van der Waals surface area contributed by atoms with Crippen LogP contribution in [-0.4, -0.2) is 42.1 Å². The molecule has 1 amide bonds. The van der Waals surface area contributed by atoms with Gasteiger partial charge in [-0.25, -0.2) is 4.39 Å². The molecule has 1 fully saturated rings. The van der Waals surface area contributed by atoms with Gasteiger partial charge in [0.15, 0.2) is 11.6 Å². The Labute approximate surface area is 116 Å². The van der Waals surface area contributed by atoms with Gasteiger partial charge in [-0.1, -0.05) is 0 Å². The van der Waals surface area contributed by atoms with Crippen molar-refractivity contribution in [3.05, 3.63) is 29.6 Å². The van der Waals surface area contributed by atoms with Crippen LogP contribution in [0.3, 0.4) is 0 Å². The van der Waals surface area contributed by atoms with Crippen LogP contribution < -0.4 is 4.74 Å². The minimum atomic E-state index is -0.900. The molecule has 1 atom stereocenters. The smallest absolute Gasteiger partial charge is 0.308 e. The van der Waals surface area contributed by atoms with Crippen LogP contribution in [0.1, 0.15) is 23.2 Å². The molecular formula is C14H16FNO4. The number of carbonyl (C=O) groups excluding carboxylic acids is 1. The number of nitrogens with zero attached hydrogens (tertiary/aromatic N) is 1. The van der Waals surface area contributed by atoms with Gasteiger partial charge >= 0.3 is 5.97 Å². The lowest BCUT2D eigenvalue weighted by Gasteiger charge is -2.30. The Balaban J connectivity index is 2.14. The highest BCUT2D eigenvalue weighted by Crippen LogP contribution is 2.22. The number of aliphatic carboxylic acids is 1. The number of likely N-dealkylation sites (tertiary alicyclic amines) is 1. The summed E-state index contributed by atoms with van der Waals surface area (Å²) in [6.07, 6.45) is 1.21. The topological polar surface area (TPSA) is 66.8 Å². The summed E-state index contributed by atoms with van der Waals surface area (Å²) in [5, 5.41) is 9.01. The summed E-state index contributed by atoms with van der Waals surface area (Å²) >= 11 is 0. The lowest BCUT2D eigenvalue weighted by atomic mass is 9.97. The van der Waals surface area contributed by atoms with Crippen LogP contribution in [0, 0.1) is 11.7 Å². The number of ether oxygens (including phenoxy) is 1. The fraction of sp³-hybridized carbons (Fsp3) is 0.429. The van der Waals surface area contributed by atoms with E-state index in [1.807, 2.05) is 0 Å². The fourth-order valence-electron chi connectivity index (χ4n) is 2.35. The summed E-state index contributed by atoms with van der Waals surface area (Å²) in [6.45, 7) is 0.665. The highest BCUT2D eigenvalue weighted by molar-refractivity contribution is 5.94. The number of rotatable bonds is 3. The molecule has 0 aromatic heterocycles. The first-order valence-electron chi connectivity index (χ1n) is 6.38. The van der Waals surface area contributed by atoms with Gasteiger partial charge in [0.05, 0.1) is 13.0 Å². The highest BCUT2D eigenvalue weighted by Gasteiger charge is 2.28. The Hall–Kier alpha value is -2.11. The van der Waals surface area contributed by atoms with Crippen LogP contribution in [0.4, 0.5) is 4.39 Å². The highest BCUT2D eigenvalue weighted by atomic mass is 19.1. The lowest BCUT2D eigenvalue weighted by molar-refractivity contribution is -0.143. The van der Waals surface area contributed by atoms with Crippen molar-refractivity contribution in [2.45, 2.75) is 12.8 Å². The first-order valence-corrected chi connectivity index (χ1v) is 6.38. The largest absolute Gasteiger partial charge is 0.494 e. The number of halogens is 1. The van der Waals surface area contributed by atoms with E-state index in [4.69, 9.17) is 9.84 Å². The van der Waals surface area contributed by atoms with Crippen molar-refractivity contribution in [2.75, 3.05) is 20.2 Å². The molecule has 0 bridgehead atoms. The van der Waals surface area contributed by atoms with E-state index in [9.17, 15) is 14.0 Å². The average molecular weight is 281 g/mol. The van der Waals surface area contributed by atoms with E-state index < -0.39 is 17.7 Å². The molecule has 6 heteroatoms. The van der Waals surface area contributed by atoms with E-state index >= 15 is 0 Å². The van der Waals surface area contributed by atoms with Crippen molar-refractivity contribution in [1.82, 2.24) is 4.90 Å². The molecule has 20 heavy (non-hydrogen) atoms. The molecule has 2 rings (SSSR count). The summed E-state index contributed by atoms with van der Waals surface area (Å²) in [5.41, 5.74) is 0.203. The van der Waals surface area contributed by atoms with Gasteiger partial charge in [-0.2, -0.15) is 0 Å². The van der Waals surface area contributed by atoms with Crippen molar-refractivity contribution >= 4 is 11.9 Å². The maximum Gasteiger partial charge on any atom is 0.308 e. The van der Waals surface area contributed by atoms with Gasteiger partial charge in [0.1, 0.15) is 0 Å². The van der Waals surface area contributed by atoms with Gasteiger partial charge < -0.3 is 14.7 Å². The number of methoxy groups -OCH3 is 1. The quantitative estimate of drug-likeness (QED) is 0.917. The zero-order valence-electron chi connectivity index (χ0n) is 11.1. The van der Waals surface area contributed by atoms with Gasteiger partial charge in [-0.15, -0.1) is 0 Å². The number of amides is 1. The molecule has 1 saturated heterocycles. The molecular weight excluding hydrogens is 265 g/mol. The van der Waals surface area contributed by atoms with Crippen molar-refractivity contribution < 1.29 is 23.8 Å². The van der Waals surface area contributed by atoms with Crippen molar-refractivity contribution in [1.29, 1.82) is 0 Å². The molecule has 0 saturated carbocycles. The van der Waals surface area contributed by atoms with Crippen LogP contribution in [0.5, 0.6) is 5.75 Å². The van der Waals surface area contributed by atoms with E-state index in [0.717, 1.165) is 6.07 Å². The second-order valence-electron chi connectivity index (χ2n) is 4.78. The molecule has 0 spiro atoms. The van der Waals surface area contributed by atoms with Crippen LogP contribution in [0.15, 0.2) is 18.2 Å². The Morgan fingerprint density at radius 1 is 1.45 bits per heavy atom. The standard InChI is InChI=1S/C14H16FNO4/c1-20-12-5-4-9(7-11(12)15)13(17)16-6-2-3-10(8-16)14(18)19/h4-5,7,10H,2-3,6,8H2,1H3,(H,18,19). The van der Waals surface area contributed by atoms with E-state index in [-0.39, 0.29) is 23.8 Å². The molecule has 1 heterocycles. The molecule has 5 nitrogen and oxygen atoms in total. The molecule has 1 aromatic carbocycles. The molecule has 1 aliphatic rings. The van der Waals surface area contributed by atoms with Gasteiger partial charge in [0.25, 0.3) is 5.91 Å². The van der Waals surface area contributed by atoms with Gasteiger partial charge in [-0.3, -0.25) is 9.59 Å². The number of benzene rings is 1. The number of carbonyl (C=O) groups is 2. The lowest BCUT2D eigenvalue weighted by Crippen LogP contribution is -2.42. The predicted octanol–water partition coefficient (Wildman–Crippen LogP) is 1.77. The van der Waals surface area contributed by atoms with Crippen molar-refractivity contribution in [3.63, 3.8) is 0 Å². The maximum atomic E-state index is 13.6. The minimum Gasteiger partial charge on any atom is -0.494 e. The second-order valence-corrected chi connectivity index (χ2v) is 4.78. The number of hydrogen-bond donors (Lipinski definition) is 1. The van der Waals surface area contributed by atoms with E-state index in [1.54, 1.807) is 0 Å². The number of carboxylic acid groups (broad SMARTS) is 1. The molecule has 108 valence electrons. The summed E-state index contributed by atoms with van der Waals surface area (Å²) in [6, 6.07) is 3.99. The van der Waals surface area contributed by atoms with E-state index in [1.165, 1.54) is 24.1 Å². The van der Waals surface area contributed by atoms with E-state index in [2.05, 4.69) is 0 Å². The molecule has 0 aliphatic carbocycles. The second kappa shape index (κ2) is 5.90. The third kappa shape index (κ3) is 2.89. The third-order valence-electron chi connectivity index (χ3n) is 3.46.